The highest BCUT2D eigenvalue weighted by atomic mass is 16.5. The first-order valence-corrected chi connectivity index (χ1v) is 21.0. The lowest BCUT2D eigenvalue weighted by Crippen LogP contribution is -2.43. The largest absolute Gasteiger partial charge is 0.497 e. The molecular formula is C46H54N8O5. The van der Waals surface area contributed by atoms with Crippen molar-refractivity contribution in [2.75, 3.05) is 51.1 Å². The number of nitrogens with zero attached hydrogens (tertiary/aromatic N) is 7. The summed E-state index contributed by atoms with van der Waals surface area (Å²) >= 11 is 0. The number of ether oxygens (including phenoxy) is 2. The van der Waals surface area contributed by atoms with Crippen LogP contribution in [0.25, 0.3) is 11.0 Å². The number of nitrogens with one attached hydrogen (secondary N) is 1. The Morgan fingerprint density at radius 3 is 2.32 bits per heavy atom. The van der Waals surface area contributed by atoms with E-state index in [2.05, 4.69) is 49.0 Å². The van der Waals surface area contributed by atoms with E-state index in [1.807, 2.05) is 42.5 Å². The van der Waals surface area contributed by atoms with Crippen molar-refractivity contribution in [2.45, 2.75) is 82.7 Å². The van der Waals surface area contributed by atoms with E-state index >= 15 is 0 Å². The fraction of sp³-hybridized carbons (Fsp3) is 0.435. The second kappa shape index (κ2) is 17.9. The number of rotatable bonds is 14. The van der Waals surface area contributed by atoms with Crippen LogP contribution < -0.4 is 19.7 Å². The van der Waals surface area contributed by atoms with Gasteiger partial charge in [-0.1, -0.05) is 37.1 Å². The highest BCUT2D eigenvalue weighted by Gasteiger charge is 2.35. The smallest absolute Gasteiger partial charge is 0.270 e. The molecule has 2 saturated heterocycles. The summed E-state index contributed by atoms with van der Waals surface area (Å²) in [6.45, 7) is 2.89. The van der Waals surface area contributed by atoms with E-state index < -0.39 is 0 Å². The maximum atomic E-state index is 13.5. The molecule has 3 aromatic heterocycles. The minimum absolute atomic E-state index is 0.0307. The molecule has 2 aromatic carbocycles. The van der Waals surface area contributed by atoms with Gasteiger partial charge in [-0.2, -0.15) is 4.98 Å². The molecule has 0 spiro atoms. The van der Waals surface area contributed by atoms with Crippen molar-refractivity contribution < 1.29 is 23.9 Å². The van der Waals surface area contributed by atoms with Crippen LogP contribution in [0.15, 0.2) is 79.1 Å². The summed E-state index contributed by atoms with van der Waals surface area (Å²) in [7, 11) is 5.17. The highest BCUT2D eigenvalue weighted by molar-refractivity contribution is 6.01. The average molecular weight is 799 g/mol. The SMILES string of the molecule is COc1ccc(CN2C(=O)CCC(c3ccc(N4CCC(CCCOc5ccc(Nc6ncc7cc(C(=O)N(C)C)n(C8CCCC8)c7n6)nc5)CC4)cc3)C2=O)cc1. The van der Waals surface area contributed by atoms with E-state index in [9.17, 15) is 14.4 Å². The van der Waals surface area contributed by atoms with Crippen LogP contribution in [0.4, 0.5) is 17.5 Å². The van der Waals surface area contributed by atoms with Crippen LogP contribution >= 0.6 is 0 Å². The van der Waals surface area contributed by atoms with Gasteiger partial charge in [0.05, 0.1) is 32.4 Å². The number of carbonyl (C=O) groups is 3. The molecule has 13 nitrogen and oxygen atoms in total. The molecule has 2 aliphatic heterocycles. The number of hydrogen-bond donors (Lipinski definition) is 1. The Morgan fingerprint density at radius 1 is 0.881 bits per heavy atom. The molecule has 5 heterocycles. The van der Waals surface area contributed by atoms with Crippen molar-refractivity contribution in [1.82, 2.24) is 29.3 Å². The molecule has 13 heteroatoms. The van der Waals surface area contributed by atoms with Gasteiger partial charge >= 0.3 is 0 Å². The number of piperidine rings is 2. The number of methoxy groups -OCH3 is 1. The fourth-order valence-corrected chi connectivity index (χ4v) is 8.83. The zero-order valence-corrected chi connectivity index (χ0v) is 34.3. The molecule has 308 valence electrons. The lowest BCUT2D eigenvalue weighted by Gasteiger charge is -2.34. The van der Waals surface area contributed by atoms with Gasteiger partial charge in [-0.15, -0.1) is 0 Å². The Morgan fingerprint density at radius 2 is 1.63 bits per heavy atom. The molecule has 1 atom stereocenters. The molecule has 5 aromatic rings. The summed E-state index contributed by atoms with van der Waals surface area (Å²) in [5, 5.41) is 4.08. The molecule has 8 rings (SSSR count). The molecule has 3 aliphatic rings. The van der Waals surface area contributed by atoms with Gasteiger partial charge in [-0.05, 0) is 104 Å². The quantitative estimate of drug-likeness (QED) is 0.0873. The number of hydrogen-bond acceptors (Lipinski definition) is 10. The molecule has 1 N–H and O–H groups in total. The van der Waals surface area contributed by atoms with Gasteiger partial charge in [-0.3, -0.25) is 19.3 Å². The van der Waals surface area contributed by atoms with Crippen molar-refractivity contribution in [3.63, 3.8) is 0 Å². The lowest BCUT2D eigenvalue weighted by molar-refractivity contribution is -0.150. The van der Waals surface area contributed by atoms with E-state index in [1.54, 1.807) is 38.5 Å². The molecule has 3 fully saturated rings. The number of imide groups is 1. The first kappa shape index (κ1) is 39.8. The number of amides is 3. The Kier molecular flexibility index (Phi) is 12.1. The number of fused-ring (bicyclic) bond motifs is 1. The minimum atomic E-state index is -0.314. The summed E-state index contributed by atoms with van der Waals surface area (Å²) in [4.78, 5) is 58.7. The molecule has 59 heavy (non-hydrogen) atoms. The van der Waals surface area contributed by atoms with Gasteiger partial charge in [0.15, 0.2) is 0 Å². The summed E-state index contributed by atoms with van der Waals surface area (Å²) in [6.07, 6.45) is 13.1. The summed E-state index contributed by atoms with van der Waals surface area (Å²) in [6, 6.07) is 21.8. The van der Waals surface area contributed by atoms with Crippen molar-refractivity contribution in [1.29, 1.82) is 0 Å². The number of aromatic nitrogens is 4. The standard InChI is InChI=1S/C46H54N8O5/c1-51(2)45(57)40-27-34-28-48-46(50-43(34)54(40)36-8-4-5-9-36)49-41-20-18-38(29-47-41)59-26-6-7-31-22-24-52(25-23-31)35-14-12-33(13-15-35)39-19-21-42(55)53(44(39)56)30-32-10-16-37(58-3)17-11-32/h10-18,20,27-29,31,36,39H,4-9,19,21-26,30H2,1-3H3,(H,47,48,49,50). The third-order valence-corrected chi connectivity index (χ3v) is 12.2. The van der Waals surface area contributed by atoms with Crippen molar-refractivity contribution in [2.24, 2.45) is 5.92 Å². The van der Waals surface area contributed by atoms with Crippen molar-refractivity contribution >= 4 is 46.2 Å². The van der Waals surface area contributed by atoms with Crippen LogP contribution in [0.2, 0.25) is 0 Å². The molecule has 3 amide bonds. The van der Waals surface area contributed by atoms with E-state index in [-0.39, 0.29) is 36.2 Å². The summed E-state index contributed by atoms with van der Waals surface area (Å²) < 4.78 is 13.4. The van der Waals surface area contributed by atoms with Gasteiger partial charge in [0, 0.05) is 56.9 Å². The van der Waals surface area contributed by atoms with Crippen molar-refractivity contribution in [3.8, 4) is 11.5 Å². The van der Waals surface area contributed by atoms with E-state index in [0.717, 1.165) is 98.1 Å². The normalized spacial score (nSPS) is 17.8. The first-order valence-electron chi connectivity index (χ1n) is 21.0. The Balaban J connectivity index is 0.778. The van der Waals surface area contributed by atoms with Crippen molar-refractivity contribution in [3.05, 3.63) is 95.9 Å². The number of anilines is 3. The summed E-state index contributed by atoms with van der Waals surface area (Å²) in [5.41, 5.74) is 4.46. The van der Waals surface area contributed by atoms with Gasteiger partial charge in [0.25, 0.3) is 5.91 Å². The van der Waals surface area contributed by atoms with Crippen LogP contribution in [-0.2, 0) is 16.1 Å². The van der Waals surface area contributed by atoms with E-state index in [0.29, 0.717) is 42.8 Å². The predicted octanol–water partition coefficient (Wildman–Crippen LogP) is 7.90. The Hall–Kier alpha value is -5.98. The van der Waals surface area contributed by atoms with Crippen LogP contribution in [0, 0.1) is 5.92 Å². The molecule has 1 saturated carbocycles. The predicted molar refractivity (Wildman–Crippen MR) is 227 cm³/mol. The lowest BCUT2D eigenvalue weighted by atomic mass is 9.88. The maximum absolute atomic E-state index is 13.5. The van der Waals surface area contributed by atoms with E-state index in [4.69, 9.17) is 14.5 Å². The van der Waals surface area contributed by atoms with Gasteiger partial charge in [0.1, 0.15) is 28.7 Å². The van der Waals surface area contributed by atoms with Crippen LogP contribution in [0.1, 0.15) is 97.8 Å². The third-order valence-electron chi connectivity index (χ3n) is 12.2. The molecule has 1 unspecified atom stereocenters. The number of pyridine rings is 1. The second-order valence-corrected chi connectivity index (χ2v) is 16.3. The first-order chi connectivity index (χ1) is 28.7. The third kappa shape index (κ3) is 9.04. The van der Waals surface area contributed by atoms with Crippen LogP contribution in [0.5, 0.6) is 11.5 Å². The average Bonchev–Trinajstić information content (AvgIpc) is 3.93. The number of likely N-dealkylation sites (tertiary alicyclic amines) is 1. The fourth-order valence-electron chi connectivity index (χ4n) is 8.83. The molecular weight excluding hydrogens is 745 g/mol. The number of carbonyl (C=O) groups excluding carboxylic acids is 3. The zero-order chi connectivity index (χ0) is 40.9. The zero-order valence-electron chi connectivity index (χ0n) is 34.3. The van der Waals surface area contributed by atoms with Gasteiger partial charge in [0.2, 0.25) is 17.8 Å². The summed E-state index contributed by atoms with van der Waals surface area (Å²) in [5.74, 6) is 2.58. The maximum Gasteiger partial charge on any atom is 0.270 e. The molecule has 1 aliphatic carbocycles. The second-order valence-electron chi connectivity index (χ2n) is 16.3. The van der Waals surface area contributed by atoms with Gasteiger partial charge in [-0.25, -0.2) is 9.97 Å². The topological polar surface area (TPSA) is 135 Å². The van der Waals surface area contributed by atoms with Crippen LogP contribution in [0.3, 0.4) is 0 Å². The number of benzene rings is 2. The highest BCUT2D eigenvalue weighted by Crippen LogP contribution is 2.36. The monoisotopic (exact) mass is 798 g/mol. The van der Waals surface area contributed by atoms with Crippen LogP contribution in [-0.4, -0.2) is 87.9 Å². The Labute approximate surface area is 345 Å². The molecule has 0 bridgehead atoms. The Bertz CT molecular complexity index is 2240. The van der Waals surface area contributed by atoms with E-state index in [1.165, 1.54) is 10.6 Å². The minimum Gasteiger partial charge on any atom is -0.497 e. The molecule has 0 radical (unpaired) electrons. The van der Waals surface area contributed by atoms with Gasteiger partial charge < -0.3 is 29.2 Å².